The average Bonchev–Trinajstić information content (AvgIpc) is 2.40. The molecule has 17 heavy (non-hydrogen) atoms. The minimum Gasteiger partial charge on any atom is -0.339 e. The number of carbonyl (C=O) groups excluding carboxylic acids is 1. The van der Waals surface area contributed by atoms with Gasteiger partial charge in [0, 0.05) is 38.0 Å². The highest BCUT2D eigenvalue weighted by Crippen LogP contribution is 2.17. The van der Waals surface area contributed by atoms with Crippen molar-refractivity contribution >= 4 is 17.5 Å². The van der Waals surface area contributed by atoms with Gasteiger partial charge in [-0.05, 0) is 5.56 Å². The van der Waals surface area contributed by atoms with E-state index in [0.29, 0.717) is 12.3 Å². The molecule has 0 spiro atoms. The van der Waals surface area contributed by atoms with E-state index in [4.69, 9.17) is 11.6 Å². The maximum absolute atomic E-state index is 11.8. The van der Waals surface area contributed by atoms with Crippen LogP contribution in [0.5, 0.6) is 0 Å². The Morgan fingerprint density at radius 1 is 1.41 bits per heavy atom. The lowest BCUT2D eigenvalue weighted by molar-refractivity contribution is -0.131. The van der Waals surface area contributed by atoms with E-state index in [1.807, 2.05) is 23.1 Å². The third-order valence-electron chi connectivity index (χ3n) is 3.04. The maximum atomic E-state index is 11.8. The SMILES string of the molecule is O=C(CCCl)N1CCNC(c2ccccc2)C1. The number of nitrogens with zero attached hydrogens (tertiary/aromatic N) is 1. The molecule has 0 saturated carbocycles. The molecule has 1 aliphatic heterocycles. The molecule has 1 aromatic carbocycles. The van der Waals surface area contributed by atoms with Crippen molar-refractivity contribution in [1.82, 2.24) is 10.2 Å². The van der Waals surface area contributed by atoms with Gasteiger partial charge in [-0.2, -0.15) is 0 Å². The smallest absolute Gasteiger partial charge is 0.223 e. The number of benzene rings is 1. The molecule has 3 nitrogen and oxygen atoms in total. The van der Waals surface area contributed by atoms with E-state index in [1.54, 1.807) is 0 Å². The fourth-order valence-electron chi connectivity index (χ4n) is 2.12. The number of nitrogens with one attached hydrogen (secondary N) is 1. The lowest BCUT2D eigenvalue weighted by atomic mass is 10.0. The minimum atomic E-state index is 0.155. The van der Waals surface area contributed by atoms with Crippen LogP contribution in [0.3, 0.4) is 0 Å². The molecule has 1 atom stereocenters. The Bertz CT molecular complexity index is 369. The summed E-state index contributed by atoms with van der Waals surface area (Å²) in [4.78, 5) is 13.7. The Hall–Kier alpha value is -1.06. The number of halogens is 1. The number of hydrogen-bond acceptors (Lipinski definition) is 2. The number of rotatable bonds is 3. The summed E-state index contributed by atoms with van der Waals surface area (Å²) in [5.41, 5.74) is 1.23. The Kier molecular flexibility index (Phi) is 4.40. The summed E-state index contributed by atoms with van der Waals surface area (Å²) < 4.78 is 0. The first-order chi connectivity index (χ1) is 8.31. The van der Waals surface area contributed by atoms with Crippen molar-refractivity contribution in [2.24, 2.45) is 0 Å². The zero-order chi connectivity index (χ0) is 12.1. The summed E-state index contributed by atoms with van der Waals surface area (Å²) in [6.45, 7) is 2.35. The molecule has 0 aromatic heterocycles. The van der Waals surface area contributed by atoms with Crippen molar-refractivity contribution in [3.63, 3.8) is 0 Å². The monoisotopic (exact) mass is 252 g/mol. The molecule has 92 valence electrons. The normalized spacial score (nSPS) is 20.3. The zero-order valence-corrected chi connectivity index (χ0v) is 10.5. The van der Waals surface area contributed by atoms with Crippen LogP contribution in [-0.4, -0.2) is 36.3 Å². The van der Waals surface area contributed by atoms with Crippen LogP contribution >= 0.6 is 11.6 Å². The van der Waals surface area contributed by atoms with E-state index in [9.17, 15) is 4.79 Å². The fraction of sp³-hybridized carbons (Fsp3) is 0.462. The summed E-state index contributed by atoms with van der Waals surface area (Å²) in [5, 5.41) is 3.44. The van der Waals surface area contributed by atoms with E-state index in [1.165, 1.54) is 5.56 Å². The van der Waals surface area contributed by atoms with Crippen LogP contribution in [0.4, 0.5) is 0 Å². The Balaban J connectivity index is 2.00. The van der Waals surface area contributed by atoms with Crippen LogP contribution < -0.4 is 5.32 Å². The quantitative estimate of drug-likeness (QED) is 0.832. The predicted molar refractivity (Wildman–Crippen MR) is 69.1 cm³/mol. The topological polar surface area (TPSA) is 32.3 Å². The zero-order valence-electron chi connectivity index (χ0n) is 9.73. The molecule has 1 aliphatic rings. The maximum Gasteiger partial charge on any atom is 0.223 e. The van der Waals surface area contributed by atoms with Crippen LogP contribution in [0.25, 0.3) is 0 Å². The van der Waals surface area contributed by atoms with Crippen LogP contribution in [0, 0.1) is 0 Å². The second kappa shape index (κ2) is 6.03. The average molecular weight is 253 g/mol. The number of carbonyl (C=O) groups is 1. The number of alkyl halides is 1. The lowest BCUT2D eigenvalue weighted by Gasteiger charge is -2.34. The summed E-state index contributed by atoms with van der Waals surface area (Å²) >= 11 is 5.61. The highest BCUT2D eigenvalue weighted by Gasteiger charge is 2.23. The number of hydrogen-bond donors (Lipinski definition) is 1. The van der Waals surface area contributed by atoms with Gasteiger partial charge in [-0.25, -0.2) is 0 Å². The van der Waals surface area contributed by atoms with Gasteiger partial charge < -0.3 is 10.2 Å². The molecule has 1 aromatic rings. The molecule has 2 rings (SSSR count). The third-order valence-corrected chi connectivity index (χ3v) is 3.23. The molecule has 1 N–H and O–H groups in total. The third kappa shape index (κ3) is 3.20. The summed E-state index contributed by atoms with van der Waals surface area (Å²) in [6, 6.07) is 10.5. The molecule has 1 heterocycles. The van der Waals surface area contributed by atoms with Crippen molar-refractivity contribution in [2.75, 3.05) is 25.5 Å². The van der Waals surface area contributed by atoms with Crippen molar-refractivity contribution in [1.29, 1.82) is 0 Å². The first-order valence-electron chi connectivity index (χ1n) is 5.93. The molecule has 1 unspecified atom stereocenters. The van der Waals surface area contributed by atoms with Gasteiger partial charge in [0.15, 0.2) is 0 Å². The van der Waals surface area contributed by atoms with Crippen LogP contribution in [-0.2, 0) is 4.79 Å². The lowest BCUT2D eigenvalue weighted by Crippen LogP contribution is -2.48. The molecule has 1 fully saturated rings. The Morgan fingerprint density at radius 3 is 2.88 bits per heavy atom. The van der Waals surface area contributed by atoms with Crippen LogP contribution in [0.1, 0.15) is 18.0 Å². The molecule has 0 aliphatic carbocycles. The fourth-order valence-corrected chi connectivity index (χ4v) is 2.29. The molecule has 1 amide bonds. The second-order valence-corrected chi connectivity index (χ2v) is 4.57. The molecule has 1 saturated heterocycles. The van der Waals surface area contributed by atoms with Gasteiger partial charge in [0.05, 0.1) is 0 Å². The van der Waals surface area contributed by atoms with E-state index in [-0.39, 0.29) is 11.9 Å². The first kappa shape index (κ1) is 12.4. The van der Waals surface area contributed by atoms with Crippen LogP contribution in [0.15, 0.2) is 30.3 Å². The van der Waals surface area contributed by atoms with Gasteiger partial charge in [-0.3, -0.25) is 4.79 Å². The van der Waals surface area contributed by atoms with Gasteiger partial charge in [0.1, 0.15) is 0 Å². The molecule has 0 radical (unpaired) electrons. The van der Waals surface area contributed by atoms with Gasteiger partial charge in [0.25, 0.3) is 0 Å². The van der Waals surface area contributed by atoms with Gasteiger partial charge in [-0.1, -0.05) is 30.3 Å². The van der Waals surface area contributed by atoms with Gasteiger partial charge in [-0.15, -0.1) is 11.6 Å². The molecular weight excluding hydrogens is 236 g/mol. The van der Waals surface area contributed by atoms with Crippen molar-refractivity contribution in [3.05, 3.63) is 35.9 Å². The summed E-state index contributed by atoms with van der Waals surface area (Å²) in [5.74, 6) is 0.557. The highest BCUT2D eigenvalue weighted by atomic mass is 35.5. The summed E-state index contributed by atoms with van der Waals surface area (Å²) in [6.07, 6.45) is 0.434. The number of piperazine rings is 1. The largest absolute Gasteiger partial charge is 0.339 e. The molecular formula is C13H17ClN2O. The summed E-state index contributed by atoms with van der Waals surface area (Å²) in [7, 11) is 0. The molecule has 0 bridgehead atoms. The van der Waals surface area contributed by atoms with Crippen molar-refractivity contribution in [2.45, 2.75) is 12.5 Å². The van der Waals surface area contributed by atoms with E-state index in [2.05, 4.69) is 17.4 Å². The van der Waals surface area contributed by atoms with Gasteiger partial charge >= 0.3 is 0 Å². The van der Waals surface area contributed by atoms with Crippen molar-refractivity contribution in [3.8, 4) is 0 Å². The highest BCUT2D eigenvalue weighted by molar-refractivity contribution is 6.18. The minimum absolute atomic E-state index is 0.155. The standard InChI is InChI=1S/C13H17ClN2O/c14-7-6-13(17)16-9-8-15-12(10-16)11-4-2-1-3-5-11/h1-5,12,15H,6-10H2. The Labute approximate surface area is 107 Å². The Morgan fingerprint density at radius 2 is 2.18 bits per heavy atom. The first-order valence-corrected chi connectivity index (χ1v) is 6.47. The van der Waals surface area contributed by atoms with Gasteiger partial charge in [0.2, 0.25) is 5.91 Å². The van der Waals surface area contributed by atoms with E-state index in [0.717, 1.165) is 19.6 Å². The van der Waals surface area contributed by atoms with E-state index < -0.39 is 0 Å². The van der Waals surface area contributed by atoms with Crippen molar-refractivity contribution < 1.29 is 4.79 Å². The second-order valence-electron chi connectivity index (χ2n) is 4.20. The van der Waals surface area contributed by atoms with E-state index >= 15 is 0 Å². The molecule has 4 heteroatoms. The number of amides is 1. The van der Waals surface area contributed by atoms with Crippen LogP contribution in [0.2, 0.25) is 0 Å². The predicted octanol–water partition coefficient (Wildman–Crippen LogP) is 1.79.